The minimum absolute atomic E-state index is 0.382. The molecule has 0 saturated carbocycles. The summed E-state index contributed by atoms with van der Waals surface area (Å²) in [7, 11) is 0. The van der Waals surface area contributed by atoms with Gasteiger partial charge in [0, 0.05) is 31.0 Å². The largest absolute Gasteiger partial charge is 0.336 e. The van der Waals surface area contributed by atoms with Crippen molar-refractivity contribution >= 4 is 0 Å². The van der Waals surface area contributed by atoms with Crippen LogP contribution in [-0.2, 0) is 19.6 Å². The van der Waals surface area contributed by atoms with E-state index in [1.807, 2.05) is 41.5 Å². The van der Waals surface area contributed by atoms with Gasteiger partial charge in [0.25, 0.3) is 0 Å². The van der Waals surface area contributed by atoms with Crippen molar-refractivity contribution in [2.45, 2.75) is 120 Å². The van der Waals surface area contributed by atoms with Crippen LogP contribution in [0.5, 0.6) is 0 Å². The van der Waals surface area contributed by atoms with E-state index in [-0.39, 0.29) is 0 Å². The predicted molar refractivity (Wildman–Crippen MR) is 161 cm³/mol. The van der Waals surface area contributed by atoms with Gasteiger partial charge in [-0.05, 0) is 77.5 Å². The molecule has 3 rings (SSSR count). The molecule has 3 aromatic rings. The monoisotopic (exact) mass is 539 g/mol. The Hall–Kier alpha value is -3.29. The van der Waals surface area contributed by atoms with E-state index in [1.165, 1.54) is 36.0 Å². The summed E-state index contributed by atoms with van der Waals surface area (Å²) in [6, 6.07) is 6.50. The first-order valence-electron chi connectivity index (χ1n) is 14.2. The lowest BCUT2D eigenvalue weighted by Crippen LogP contribution is -2.54. The molecule has 0 bridgehead atoms. The highest BCUT2D eigenvalue weighted by atomic mass is 16.2. The number of hydrogen-bond acceptors (Lipinski definition) is 5. The minimum Gasteiger partial charge on any atom is -0.247 e. The first kappa shape index (κ1) is 33.7. The number of rotatable bonds is 9. The molecule has 1 aromatic carbocycles. The molecule has 0 aliphatic heterocycles. The summed E-state index contributed by atoms with van der Waals surface area (Å²) >= 11 is 0. The summed E-state index contributed by atoms with van der Waals surface area (Å²) in [6.07, 6.45) is 6.56. The second kappa shape index (κ2) is 17.3. The van der Waals surface area contributed by atoms with Crippen LogP contribution in [0.3, 0.4) is 0 Å². The lowest BCUT2D eigenvalue weighted by Gasteiger charge is -2.13. The zero-order valence-electron chi connectivity index (χ0n) is 25.6. The highest BCUT2D eigenvalue weighted by Gasteiger charge is 2.14. The van der Waals surface area contributed by atoms with E-state index in [0.29, 0.717) is 19.6 Å². The summed E-state index contributed by atoms with van der Waals surface area (Å²) in [4.78, 5) is 45.1. The first-order chi connectivity index (χ1) is 18.5. The number of nitrogens with zero attached hydrogens (tertiary/aromatic N) is 5. The van der Waals surface area contributed by atoms with Crippen LogP contribution in [0, 0.1) is 41.5 Å². The zero-order valence-corrected chi connectivity index (χ0v) is 25.6. The van der Waals surface area contributed by atoms with Crippen molar-refractivity contribution in [1.82, 2.24) is 23.7 Å². The van der Waals surface area contributed by atoms with Gasteiger partial charge in [0.15, 0.2) is 0 Å². The topological polar surface area (TPSA) is 91.8 Å². The van der Waals surface area contributed by atoms with E-state index in [0.717, 1.165) is 49.9 Å². The maximum atomic E-state index is 12.4. The Kier molecular flexibility index (Phi) is 15.0. The maximum absolute atomic E-state index is 12.4. The molecule has 0 fully saturated rings. The van der Waals surface area contributed by atoms with Crippen LogP contribution in [0.4, 0.5) is 0 Å². The smallest absolute Gasteiger partial charge is 0.247 e. The van der Waals surface area contributed by atoms with Crippen molar-refractivity contribution < 1.29 is 0 Å². The Morgan fingerprint density at radius 1 is 0.590 bits per heavy atom. The van der Waals surface area contributed by atoms with E-state index in [1.54, 1.807) is 6.33 Å². The Morgan fingerprint density at radius 3 is 1.26 bits per heavy atom. The predicted octanol–water partition coefficient (Wildman–Crippen LogP) is 5.59. The van der Waals surface area contributed by atoms with Gasteiger partial charge in [-0.15, -0.1) is 0 Å². The van der Waals surface area contributed by atoms with Crippen LogP contribution in [0.1, 0.15) is 92.9 Å². The average Bonchev–Trinajstić information content (AvgIpc) is 2.90. The lowest BCUT2D eigenvalue weighted by atomic mass is 10.1. The quantitative estimate of drug-likeness (QED) is 0.354. The van der Waals surface area contributed by atoms with E-state index >= 15 is 0 Å². The molecule has 0 atom stereocenters. The van der Waals surface area contributed by atoms with E-state index < -0.39 is 17.1 Å². The van der Waals surface area contributed by atoms with Crippen molar-refractivity contribution in [1.29, 1.82) is 0 Å². The second-order valence-electron chi connectivity index (χ2n) is 10.1. The summed E-state index contributed by atoms with van der Waals surface area (Å²) < 4.78 is 3.66. The Morgan fingerprint density at radius 2 is 0.974 bits per heavy atom. The molecule has 216 valence electrons. The van der Waals surface area contributed by atoms with Crippen LogP contribution >= 0.6 is 0 Å². The fraction of sp³-hybridized carbons (Fsp3) is 0.581. The van der Waals surface area contributed by atoms with Crippen LogP contribution in [0.15, 0.2) is 38.9 Å². The summed E-state index contributed by atoms with van der Waals surface area (Å²) in [5.74, 6) is 0. The molecule has 0 unspecified atom stereocenters. The van der Waals surface area contributed by atoms with Crippen LogP contribution < -0.4 is 17.1 Å². The molecule has 0 saturated heterocycles. The van der Waals surface area contributed by atoms with Gasteiger partial charge in [-0.2, -0.15) is 0 Å². The standard InChI is InChI=1S/C15H27N3O3.C9H12.C7H10N2/c1-4-7-10-16-13(19)17(11-8-5-2)15(21)18(14(16)20)12-9-6-3;1-7-4-5-8(2)9(3)6-7;1-5-6(2)8-4-9-7(5)3/h4-12H2,1-3H3;4-6H,1-3H3;4H,1-3H3. The minimum atomic E-state index is -0.459. The fourth-order valence-electron chi connectivity index (χ4n) is 3.75. The first-order valence-corrected chi connectivity index (χ1v) is 14.2. The number of aromatic nitrogens is 5. The SMILES string of the molecule is CCCCn1c(=O)n(CCCC)c(=O)n(CCCC)c1=O.Cc1ccc(C)c(C)c1.Cc1ncnc(C)c1C. The third-order valence-corrected chi connectivity index (χ3v) is 6.84. The van der Waals surface area contributed by atoms with Gasteiger partial charge in [0.05, 0.1) is 0 Å². The highest BCUT2D eigenvalue weighted by molar-refractivity contribution is 5.28. The van der Waals surface area contributed by atoms with Gasteiger partial charge in [-0.1, -0.05) is 63.8 Å². The third kappa shape index (κ3) is 10.4. The summed E-state index contributed by atoms with van der Waals surface area (Å²) in [6.45, 7) is 19.6. The third-order valence-electron chi connectivity index (χ3n) is 6.84. The number of aryl methyl sites for hydroxylation is 5. The van der Waals surface area contributed by atoms with Crippen LogP contribution in [-0.4, -0.2) is 23.7 Å². The summed E-state index contributed by atoms with van der Waals surface area (Å²) in [5.41, 5.74) is 6.06. The normalized spacial score (nSPS) is 10.4. The molecule has 8 nitrogen and oxygen atoms in total. The molecule has 0 aliphatic carbocycles. The molecule has 2 heterocycles. The van der Waals surface area contributed by atoms with Gasteiger partial charge in [0.1, 0.15) is 6.33 Å². The van der Waals surface area contributed by atoms with Crippen LogP contribution in [0.25, 0.3) is 0 Å². The fourth-order valence-corrected chi connectivity index (χ4v) is 3.75. The van der Waals surface area contributed by atoms with Crippen molar-refractivity contribution in [3.8, 4) is 0 Å². The van der Waals surface area contributed by atoms with E-state index in [9.17, 15) is 14.4 Å². The molecular formula is C31H49N5O3. The van der Waals surface area contributed by atoms with Crippen molar-refractivity contribution in [2.24, 2.45) is 0 Å². The second-order valence-corrected chi connectivity index (χ2v) is 10.1. The molecule has 2 aromatic heterocycles. The molecule has 8 heteroatoms. The van der Waals surface area contributed by atoms with Gasteiger partial charge >= 0.3 is 17.1 Å². The van der Waals surface area contributed by atoms with Gasteiger partial charge < -0.3 is 0 Å². The molecule has 39 heavy (non-hydrogen) atoms. The van der Waals surface area contributed by atoms with Crippen molar-refractivity contribution in [2.75, 3.05) is 0 Å². The maximum Gasteiger partial charge on any atom is 0.336 e. The van der Waals surface area contributed by atoms with Gasteiger partial charge in [-0.25, -0.2) is 38.1 Å². The van der Waals surface area contributed by atoms with Crippen LogP contribution in [0.2, 0.25) is 0 Å². The van der Waals surface area contributed by atoms with E-state index in [4.69, 9.17) is 0 Å². The number of hydrogen-bond donors (Lipinski definition) is 0. The molecule has 0 N–H and O–H groups in total. The zero-order chi connectivity index (χ0) is 29.5. The van der Waals surface area contributed by atoms with Gasteiger partial charge in [-0.3, -0.25) is 0 Å². The molecule has 0 radical (unpaired) electrons. The molecular weight excluding hydrogens is 490 g/mol. The highest BCUT2D eigenvalue weighted by Crippen LogP contribution is 2.07. The Bertz CT molecular complexity index is 1220. The van der Waals surface area contributed by atoms with E-state index in [2.05, 4.69) is 48.9 Å². The van der Waals surface area contributed by atoms with Crippen molar-refractivity contribution in [3.05, 3.63) is 89.6 Å². The molecule has 0 amide bonds. The van der Waals surface area contributed by atoms with Gasteiger partial charge in [0.2, 0.25) is 0 Å². The molecule has 0 spiro atoms. The summed E-state index contributed by atoms with van der Waals surface area (Å²) in [5, 5.41) is 0. The Labute approximate surface area is 233 Å². The number of benzene rings is 1. The van der Waals surface area contributed by atoms with Crippen molar-refractivity contribution in [3.63, 3.8) is 0 Å². The number of unbranched alkanes of at least 4 members (excludes halogenated alkanes) is 3. The Balaban J connectivity index is 0.000000344. The average molecular weight is 540 g/mol. The lowest BCUT2D eigenvalue weighted by molar-refractivity contribution is 0.424. The molecule has 0 aliphatic rings.